The van der Waals surface area contributed by atoms with E-state index >= 15 is 0 Å². The number of benzene rings is 1. The number of aliphatic hydroxyl groups is 1. The quantitative estimate of drug-likeness (QED) is 0.536. The van der Waals surface area contributed by atoms with Crippen LogP contribution in [-0.4, -0.2) is 37.4 Å². The van der Waals surface area contributed by atoms with E-state index in [9.17, 15) is 9.90 Å². The van der Waals surface area contributed by atoms with Crippen LogP contribution in [0.5, 0.6) is 0 Å². The van der Waals surface area contributed by atoms with Gasteiger partial charge in [-0.2, -0.15) is 0 Å². The summed E-state index contributed by atoms with van der Waals surface area (Å²) in [7, 11) is 0. The van der Waals surface area contributed by atoms with Crippen LogP contribution in [-0.2, 0) is 4.79 Å². The molecule has 2 heterocycles. The molecule has 8 heteroatoms. The number of nitrogens with two attached hydrogens (primary N) is 1. The Hall–Kier alpha value is -3.41. The van der Waals surface area contributed by atoms with Gasteiger partial charge in [-0.05, 0) is 37.6 Å². The molecule has 0 amide bonds. The first-order chi connectivity index (χ1) is 14.5. The number of carboxylic acids is 1. The standard InChI is InChI=1S/C22H22N4O4/c1-13(27)21-24-8-9-26(21)19(12-23)18-11-20(30-25-18)15-5-2-14(3-6-15)4-7-16-10-17(16)22(28)29/h2-3,5-6,8-9,11,13,16-17,19,27H,10,12,23H2,1H3,(H,28,29)/t13-,16?,17?,19+/m0/s1. The van der Waals surface area contributed by atoms with Gasteiger partial charge < -0.3 is 25.0 Å². The molecule has 8 nitrogen and oxygen atoms in total. The number of nitrogens with zero attached hydrogens (tertiary/aromatic N) is 3. The lowest BCUT2D eigenvalue weighted by molar-refractivity contribution is -0.138. The molecule has 3 aromatic rings. The van der Waals surface area contributed by atoms with Crippen molar-refractivity contribution < 1.29 is 19.5 Å². The summed E-state index contributed by atoms with van der Waals surface area (Å²) in [4.78, 5) is 15.1. The lowest BCUT2D eigenvalue weighted by atomic mass is 10.1. The first-order valence-electron chi connectivity index (χ1n) is 9.70. The normalized spacial score (nSPS) is 19.6. The second-order valence-corrected chi connectivity index (χ2v) is 7.37. The van der Waals surface area contributed by atoms with Crippen LogP contribution in [0.4, 0.5) is 0 Å². The third-order valence-electron chi connectivity index (χ3n) is 5.18. The van der Waals surface area contributed by atoms with Gasteiger partial charge in [-0.15, -0.1) is 0 Å². The molecule has 1 fully saturated rings. The van der Waals surface area contributed by atoms with Gasteiger partial charge in [0, 0.05) is 42.0 Å². The number of rotatable bonds is 6. The number of aliphatic carboxylic acids is 1. The minimum atomic E-state index is -0.780. The van der Waals surface area contributed by atoms with E-state index in [0.29, 0.717) is 23.7 Å². The molecule has 0 bridgehead atoms. The summed E-state index contributed by atoms with van der Waals surface area (Å²) < 4.78 is 7.32. The largest absolute Gasteiger partial charge is 0.481 e. The first kappa shape index (κ1) is 19.9. The molecule has 4 atom stereocenters. The average Bonchev–Trinajstić information content (AvgIpc) is 3.11. The second-order valence-electron chi connectivity index (χ2n) is 7.37. The van der Waals surface area contributed by atoms with E-state index < -0.39 is 12.1 Å². The van der Waals surface area contributed by atoms with Gasteiger partial charge in [0.1, 0.15) is 17.6 Å². The van der Waals surface area contributed by atoms with Crippen molar-refractivity contribution in [1.29, 1.82) is 0 Å². The summed E-state index contributed by atoms with van der Waals surface area (Å²) in [6.07, 6.45) is 3.27. The maximum Gasteiger partial charge on any atom is 0.307 e. The maximum absolute atomic E-state index is 10.9. The number of carbonyl (C=O) groups is 1. The highest BCUT2D eigenvalue weighted by atomic mass is 16.5. The van der Waals surface area contributed by atoms with E-state index in [-0.39, 0.29) is 24.4 Å². The Kier molecular flexibility index (Phi) is 5.40. The number of carboxylic acid groups (broad SMARTS) is 1. The molecule has 1 aliphatic rings. The molecular weight excluding hydrogens is 384 g/mol. The molecule has 154 valence electrons. The van der Waals surface area contributed by atoms with E-state index in [1.807, 2.05) is 30.3 Å². The van der Waals surface area contributed by atoms with Gasteiger partial charge in [0.2, 0.25) is 0 Å². The van der Waals surface area contributed by atoms with Crippen molar-refractivity contribution in [2.75, 3.05) is 6.54 Å². The van der Waals surface area contributed by atoms with E-state index in [1.165, 1.54) is 0 Å². The van der Waals surface area contributed by atoms with Gasteiger partial charge in [-0.25, -0.2) is 4.98 Å². The van der Waals surface area contributed by atoms with Crippen LogP contribution in [0.3, 0.4) is 0 Å². The van der Waals surface area contributed by atoms with Gasteiger partial charge in [-0.1, -0.05) is 17.0 Å². The molecule has 4 N–H and O–H groups in total. The Morgan fingerprint density at radius 1 is 1.40 bits per heavy atom. The molecule has 1 aromatic carbocycles. The molecular formula is C22H22N4O4. The summed E-state index contributed by atoms with van der Waals surface area (Å²) in [5, 5.41) is 23.0. The van der Waals surface area contributed by atoms with E-state index in [4.69, 9.17) is 15.4 Å². The highest BCUT2D eigenvalue weighted by Crippen LogP contribution is 2.37. The Morgan fingerprint density at radius 2 is 2.17 bits per heavy atom. The van der Waals surface area contributed by atoms with Crippen molar-refractivity contribution in [3.8, 4) is 23.2 Å². The van der Waals surface area contributed by atoms with Crippen molar-refractivity contribution in [2.45, 2.75) is 25.5 Å². The highest BCUT2D eigenvalue weighted by molar-refractivity contribution is 5.74. The topological polar surface area (TPSA) is 127 Å². The summed E-state index contributed by atoms with van der Waals surface area (Å²) in [6, 6.07) is 9.01. The maximum atomic E-state index is 10.9. The van der Waals surface area contributed by atoms with E-state index in [0.717, 1.165) is 11.1 Å². The number of hydrogen-bond acceptors (Lipinski definition) is 6. The predicted octanol–water partition coefficient (Wildman–Crippen LogP) is 2.21. The molecule has 0 spiro atoms. The number of aromatic nitrogens is 3. The lowest BCUT2D eigenvalue weighted by Gasteiger charge is -2.17. The van der Waals surface area contributed by atoms with Crippen LogP contribution in [0.15, 0.2) is 47.2 Å². The molecule has 2 unspecified atom stereocenters. The Morgan fingerprint density at radius 3 is 2.80 bits per heavy atom. The molecule has 0 saturated heterocycles. The fourth-order valence-electron chi connectivity index (χ4n) is 3.39. The monoisotopic (exact) mass is 406 g/mol. The summed E-state index contributed by atoms with van der Waals surface area (Å²) >= 11 is 0. The number of imidazole rings is 1. The fraction of sp³-hybridized carbons (Fsp3) is 0.318. The predicted molar refractivity (Wildman–Crippen MR) is 108 cm³/mol. The summed E-state index contributed by atoms with van der Waals surface area (Å²) in [5.41, 5.74) is 8.26. The van der Waals surface area contributed by atoms with Crippen LogP contribution in [0.1, 0.15) is 42.6 Å². The third-order valence-corrected chi connectivity index (χ3v) is 5.18. The molecule has 1 saturated carbocycles. The van der Waals surface area contributed by atoms with Crippen molar-refractivity contribution in [3.63, 3.8) is 0 Å². The number of aliphatic hydroxyl groups excluding tert-OH is 1. The molecule has 30 heavy (non-hydrogen) atoms. The van der Waals surface area contributed by atoms with Gasteiger partial charge in [-0.3, -0.25) is 4.79 Å². The van der Waals surface area contributed by atoms with Crippen LogP contribution in [0, 0.1) is 23.7 Å². The highest BCUT2D eigenvalue weighted by Gasteiger charge is 2.42. The number of hydrogen-bond donors (Lipinski definition) is 3. The minimum Gasteiger partial charge on any atom is -0.481 e. The van der Waals surface area contributed by atoms with E-state index in [1.54, 1.807) is 23.9 Å². The zero-order chi connectivity index (χ0) is 21.3. The van der Waals surface area contributed by atoms with Crippen LogP contribution < -0.4 is 5.73 Å². The molecule has 2 aromatic heterocycles. The summed E-state index contributed by atoms with van der Waals surface area (Å²) in [5.74, 6) is 5.98. The third kappa shape index (κ3) is 3.99. The van der Waals surface area contributed by atoms with Crippen molar-refractivity contribution in [3.05, 3.63) is 59.8 Å². The Balaban J connectivity index is 1.50. The van der Waals surface area contributed by atoms with Gasteiger partial charge in [0.05, 0.1) is 12.0 Å². The van der Waals surface area contributed by atoms with Gasteiger partial charge >= 0.3 is 5.97 Å². The zero-order valence-corrected chi connectivity index (χ0v) is 16.4. The molecule has 1 aliphatic carbocycles. The molecule has 0 aliphatic heterocycles. The van der Waals surface area contributed by atoms with Crippen molar-refractivity contribution in [2.24, 2.45) is 17.6 Å². The Bertz CT molecular complexity index is 1100. The average molecular weight is 406 g/mol. The van der Waals surface area contributed by atoms with Crippen LogP contribution in [0.25, 0.3) is 11.3 Å². The summed E-state index contributed by atoms with van der Waals surface area (Å²) in [6.45, 7) is 1.92. The smallest absolute Gasteiger partial charge is 0.307 e. The van der Waals surface area contributed by atoms with Gasteiger partial charge in [0.25, 0.3) is 0 Å². The van der Waals surface area contributed by atoms with Crippen molar-refractivity contribution in [1.82, 2.24) is 14.7 Å². The lowest BCUT2D eigenvalue weighted by Crippen LogP contribution is -2.22. The van der Waals surface area contributed by atoms with Crippen molar-refractivity contribution >= 4 is 5.97 Å². The Labute approximate surface area is 173 Å². The molecule has 0 radical (unpaired) electrons. The van der Waals surface area contributed by atoms with Gasteiger partial charge in [0.15, 0.2) is 5.76 Å². The SMILES string of the molecule is C[C@H](O)c1nccn1[C@H](CN)c1cc(-c2ccc(C#CC3CC3C(=O)O)cc2)on1. The first-order valence-corrected chi connectivity index (χ1v) is 9.70. The van der Waals surface area contributed by atoms with Crippen LogP contribution in [0.2, 0.25) is 0 Å². The second kappa shape index (κ2) is 8.14. The minimum absolute atomic E-state index is 0.0538. The van der Waals surface area contributed by atoms with E-state index in [2.05, 4.69) is 22.0 Å². The zero-order valence-electron chi connectivity index (χ0n) is 16.4. The fourth-order valence-corrected chi connectivity index (χ4v) is 3.39. The van der Waals surface area contributed by atoms with Crippen LogP contribution >= 0.6 is 0 Å². The molecule has 4 rings (SSSR count).